The SMILES string of the molecule is Cc1ccc2sc(N(Cc3ccccc3)C(=O)c3cccc(SC(C)C)c3)nc2c1C. The first kappa shape index (κ1) is 21.6. The Morgan fingerprint density at radius 2 is 1.81 bits per heavy atom. The molecule has 3 nitrogen and oxygen atoms in total. The number of nitrogens with zero attached hydrogens (tertiary/aromatic N) is 2. The topological polar surface area (TPSA) is 33.2 Å². The van der Waals surface area contributed by atoms with Crippen LogP contribution < -0.4 is 4.90 Å². The lowest BCUT2D eigenvalue weighted by Gasteiger charge is -2.20. The summed E-state index contributed by atoms with van der Waals surface area (Å²) in [5.41, 5.74) is 5.13. The maximum Gasteiger partial charge on any atom is 0.260 e. The summed E-state index contributed by atoms with van der Waals surface area (Å²) in [7, 11) is 0. The summed E-state index contributed by atoms with van der Waals surface area (Å²) in [6.45, 7) is 8.99. The van der Waals surface area contributed by atoms with Crippen molar-refractivity contribution in [3.8, 4) is 0 Å². The van der Waals surface area contributed by atoms with Crippen LogP contribution in [0.4, 0.5) is 5.13 Å². The highest BCUT2D eigenvalue weighted by Gasteiger charge is 2.23. The normalized spacial score (nSPS) is 11.3. The molecule has 0 fully saturated rings. The first-order chi connectivity index (χ1) is 14.9. The first-order valence-electron chi connectivity index (χ1n) is 10.4. The quantitative estimate of drug-likeness (QED) is 0.292. The van der Waals surface area contributed by atoms with Crippen LogP contribution in [0.3, 0.4) is 0 Å². The molecular formula is C26H26N2OS2. The molecule has 0 aliphatic rings. The molecule has 5 heteroatoms. The molecule has 31 heavy (non-hydrogen) atoms. The number of anilines is 1. The fourth-order valence-electron chi connectivity index (χ4n) is 3.45. The molecule has 0 unspecified atom stereocenters. The Bertz CT molecular complexity index is 1210. The van der Waals surface area contributed by atoms with Crippen molar-refractivity contribution in [3.63, 3.8) is 0 Å². The number of fused-ring (bicyclic) bond motifs is 1. The van der Waals surface area contributed by atoms with E-state index in [9.17, 15) is 4.79 Å². The first-order valence-corrected chi connectivity index (χ1v) is 12.1. The Balaban J connectivity index is 1.76. The molecule has 0 aliphatic heterocycles. The molecule has 0 bridgehead atoms. The molecule has 0 radical (unpaired) electrons. The van der Waals surface area contributed by atoms with Crippen molar-refractivity contribution in [1.82, 2.24) is 4.98 Å². The van der Waals surface area contributed by atoms with E-state index in [1.54, 1.807) is 23.1 Å². The maximum atomic E-state index is 13.7. The third kappa shape index (κ3) is 4.83. The number of carbonyl (C=O) groups is 1. The van der Waals surface area contributed by atoms with Gasteiger partial charge in [0.05, 0.1) is 16.8 Å². The lowest BCUT2D eigenvalue weighted by molar-refractivity contribution is 0.0985. The minimum absolute atomic E-state index is 0.0245. The van der Waals surface area contributed by atoms with Crippen molar-refractivity contribution in [1.29, 1.82) is 0 Å². The van der Waals surface area contributed by atoms with Crippen molar-refractivity contribution in [3.05, 3.63) is 89.0 Å². The van der Waals surface area contributed by atoms with Gasteiger partial charge in [-0.3, -0.25) is 9.69 Å². The van der Waals surface area contributed by atoms with Gasteiger partial charge in [-0.1, -0.05) is 67.6 Å². The van der Waals surface area contributed by atoms with E-state index < -0.39 is 0 Å². The van der Waals surface area contributed by atoms with Crippen LogP contribution in [0.2, 0.25) is 0 Å². The summed E-state index contributed by atoms with van der Waals surface area (Å²) < 4.78 is 1.10. The van der Waals surface area contributed by atoms with E-state index in [0.717, 1.165) is 25.8 Å². The van der Waals surface area contributed by atoms with E-state index in [-0.39, 0.29) is 5.91 Å². The van der Waals surface area contributed by atoms with E-state index in [4.69, 9.17) is 4.98 Å². The van der Waals surface area contributed by atoms with Gasteiger partial charge in [0.2, 0.25) is 0 Å². The van der Waals surface area contributed by atoms with Gasteiger partial charge in [-0.05, 0) is 54.8 Å². The number of hydrogen-bond donors (Lipinski definition) is 0. The fourth-order valence-corrected chi connectivity index (χ4v) is 5.37. The van der Waals surface area contributed by atoms with E-state index in [2.05, 4.69) is 45.9 Å². The maximum absolute atomic E-state index is 13.7. The Labute approximate surface area is 192 Å². The molecule has 158 valence electrons. The highest BCUT2D eigenvalue weighted by Crippen LogP contribution is 2.34. The Kier molecular flexibility index (Phi) is 6.44. The summed E-state index contributed by atoms with van der Waals surface area (Å²) in [4.78, 5) is 21.5. The number of carbonyl (C=O) groups excluding carboxylic acids is 1. The van der Waals surface area contributed by atoms with Crippen LogP contribution in [0.15, 0.2) is 71.6 Å². The van der Waals surface area contributed by atoms with Crippen LogP contribution in [-0.4, -0.2) is 16.1 Å². The molecule has 0 N–H and O–H groups in total. The second kappa shape index (κ2) is 9.25. The number of aryl methyl sites for hydroxylation is 2. The van der Waals surface area contributed by atoms with Crippen LogP contribution in [0.5, 0.6) is 0 Å². The summed E-state index contributed by atoms with van der Waals surface area (Å²) in [6, 6.07) is 22.2. The van der Waals surface area contributed by atoms with Crippen LogP contribution in [0, 0.1) is 13.8 Å². The predicted octanol–water partition coefficient (Wildman–Crippen LogP) is 7.26. The zero-order valence-corrected chi connectivity index (χ0v) is 19.9. The van der Waals surface area contributed by atoms with E-state index >= 15 is 0 Å². The number of rotatable bonds is 6. The van der Waals surface area contributed by atoms with Gasteiger partial charge in [-0.2, -0.15) is 0 Å². The molecule has 0 aliphatic carbocycles. The summed E-state index contributed by atoms with van der Waals surface area (Å²) in [5.74, 6) is -0.0245. The third-order valence-electron chi connectivity index (χ3n) is 5.19. The van der Waals surface area contributed by atoms with E-state index in [1.807, 2.05) is 53.4 Å². The highest BCUT2D eigenvalue weighted by atomic mass is 32.2. The van der Waals surface area contributed by atoms with Crippen molar-refractivity contribution in [2.75, 3.05) is 4.90 Å². The smallest absolute Gasteiger partial charge is 0.260 e. The average Bonchev–Trinajstić information content (AvgIpc) is 3.19. The Hall–Kier alpha value is -2.63. The number of benzene rings is 3. The monoisotopic (exact) mass is 446 g/mol. The second-order valence-electron chi connectivity index (χ2n) is 7.92. The van der Waals surface area contributed by atoms with E-state index in [0.29, 0.717) is 17.4 Å². The van der Waals surface area contributed by atoms with Crippen LogP contribution in [0.25, 0.3) is 10.2 Å². The molecule has 0 spiro atoms. The predicted molar refractivity (Wildman–Crippen MR) is 133 cm³/mol. The average molecular weight is 447 g/mol. The highest BCUT2D eigenvalue weighted by molar-refractivity contribution is 7.99. The third-order valence-corrected chi connectivity index (χ3v) is 7.23. The molecule has 4 rings (SSSR count). The van der Waals surface area contributed by atoms with Crippen molar-refractivity contribution in [2.24, 2.45) is 0 Å². The van der Waals surface area contributed by atoms with Crippen LogP contribution >= 0.6 is 23.1 Å². The summed E-state index contributed by atoms with van der Waals surface area (Å²) in [5, 5.41) is 1.20. The molecule has 0 saturated carbocycles. The minimum Gasteiger partial charge on any atom is -0.279 e. The minimum atomic E-state index is -0.0245. The number of aromatic nitrogens is 1. The van der Waals surface area contributed by atoms with Gasteiger partial charge in [0.15, 0.2) is 5.13 Å². The van der Waals surface area contributed by atoms with Crippen molar-refractivity contribution in [2.45, 2.75) is 44.4 Å². The number of hydrogen-bond acceptors (Lipinski definition) is 4. The molecule has 3 aromatic carbocycles. The van der Waals surface area contributed by atoms with Gasteiger partial charge in [-0.15, -0.1) is 11.8 Å². The van der Waals surface area contributed by atoms with Crippen LogP contribution in [-0.2, 0) is 6.54 Å². The summed E-state index contributed by atoms with van der Waals surface area (Å²) in [6.07, 6.45) is 0. The lowest BCUT2D eigenvalue weighted by atomic mass is 10.1. The zero-order chi connectivity index (χ0) is 22.0. The van der Waals surface area contributed by atoms with Gasteiger partial charge in [0, 0.05) is 15.7 Å². The molecule has 0 saturated heterocycles. The second-order valence-corrected chi connectivity index (χ2v) is 10.6. The van der Waals surface area contributed by atoms with Gasteiger partial charge < -0.3 is 0 Å². The van der Waals surface area contributed by atoms with Gasteiger partial charge >= 0.3 is 0 Å². The van der Waals surface area contributed by atoms with Gasteiger partial charge in [-0.25, -0.2) is 4.98 Å². The number of thioether (sulfide) groups is 1. The van der Waals surface area contributed by atoms with Gasteiger partial charge in [0.1, 0.15) is 0 Å². The number of thiazole rings is 1. The molecule has 4 aromatic rings. The molecular weight excluding hydrogens is 420 g/mol. The summed E-state index contributed by atoms with van der Waals surface area (Å²) >= 11 is 3.34. The number of amides is 1. The van der Waals surface area contributed by atoms with Crippen LogP contribution in [0.1, 0.15) is 40.9 Å². The molecule has 1 amide bonds. The molecule has 1 aromatic heterocycles. The Morgan fingerprint density at radius 3 is 2.55 bits per heavy atom. The van der Waals surface area contributed by atoms with Crippen molar-refractivity contribution < 1.29 is 4.79 Å². The van der Waals surface area contributed by atoms with E-state index in [1.165, 1.54) is 11.1 Å². The molecule has 1 heterocycles. The van der Waals surface area contributed by atoms with Gasteiger partial charge in [0.25, 0.3) is 5.91 Å². The lowest BCUT2D eigenvalue weighted by Crippen LogP contribution is -2.30. The fraction of sp³-hybridized carbons (Fsp3) is 0.231. The standard InChI is InChI=1S/C26H26N2OS2/c1-17(2)30-22-12-8-11-21(15-22)25(29)28(16-20-9-6-5-7-10-20)26-27-24-19(4)18(3)13-14-23(24)31-26/h5-15,17H,16H2,1-4H3. The molecule has 0 atom stereocenters. The zero-order valence-electron chi connectivity index (χ0n) is 18.3. The largest absolute Gasteiger partial charge is 0.279 e. The Morgan fingerprint density at radius 1 is 1.03 bits per heavy atom. The van der Waals surface area contributed by atoms with Crippen molar-refractivity contribution >= 4 is 44.4 Å².